The zero-order valence-electron chi connectivity index (χ0n) is 13.1. The molecule has 1 aromatic heterocycles. The van der Waals surface area contributed by atoms with Gasteiger partial charge in [-0.3, -0.25) is 4.98 Å². The molecule has 1 atom stereocenters. The van der Waals surface area contributed by atoms with Crippen molar-refractivity contribution in [1.29, 1.82) is 0 Å². The lowest BCUT2D eigenvalue weighted by Gasteiger charge is -2.23. The summed E-state index contributed by atoms with van der Waals surface area (Å²) >= 11 is 0. The Kier molecular flexibility index (Phi) is 5.99. The van der Waals surface area contributed by atoms with Crippen molar-refractivity contribution < 1.29 is 4.79 Å². The fourth-order valence-electron chi connectivity index (χ4n) is 2.84. The fraction of sp³-hybridized carbons (Fsp3) is 0.625. The van der Waals surface area contributed by atoms with Crippen molar-refractivity contribution in [1.82, 2.24) is 20.1 Å². The molecule has 1 unspecified atom stereocenters. The van der Waals surface area contributed by atoms with Gasteiger partial charge in [-0.2, -0.15) is 0 Å². The molecule has 2 amide bonds. The minimum Gasteiger partial charge on any atom is -0.338 e. The number of carbonyl (C=O) groups is 1. The van der Waals surface area contributed by atoms with Crippen LogP contribution < -0.4 is 5.32 Å². The summed E-state index contributed by atoms with van der Waals surface area (Å²) < 4.78 is 0. The molecular weight excluding hydrogens is 264 g/mol. The maximum absolute atomic E-state index is 12.2. The fourth-order valence-corrected chi connectivity index (χ4v) is 2.84. The zero-order valence-corrected chi connectivity index (χ0v) is 13.1. The van der Waals surface area contributed by atoms with Gasteiger partial charge in [0.15, 0.2) is 0 Å². The quantitative estimate of drug-likeness (QED) is 0.873. The van der Waals surface area contributed by atoms with Crippen LogP contribution in [0.15, 0.2) is 24.5 Å². The summed E-state index contributed by atoms with van der Waals surface area (Å²) in [4.78, 5) is 20.4. The molecule has 0 aromatic carbocycles. The molecule has 21 heavy (non-hydrogen) atoms. The Morgan fingerprint density at radius 1 is 1.48 bits per heavy atom. The molecule has 5 nitrogen and oxygen atoms in total. The van der Waals surface area contributed by atoms with Gasteiger partial charge in [-0.15, -0.1) is 0 Å². The Morgan fingerprint density at radius 3 is 2.86 bits per heavy atom. The van der Waals surface area contributed by atoms with Crippen molar-refractivity contribution in [3.63, 3.8) is 0 Å². The van der Waals surface area contributed by atoms with Crippen molar-refractivity contribution in [2.75, 3.05) is 26.7 Å². The highest BCUT2D eigenvalue weighted by molar-refractivity contribution is 5.74. The number of urea groups is 1. The zero-order chi connectivity index (χ0) is 15.1. The maximum atomic E-state index is 12.2. The van der Waals surface area contributed by atoms with E-state index < -0.39 is 0 Å². The number of likely N-dealkylation sites (tertiary alicyclic amines) is 1. The number of rotatable bonds is 6. The van der Waals surface area contributed by atoms with Crippen LogP contribution in [-0.4, -0.2) is 53.5 Å². The van der Waals surface area contributed by atoms with Gasteiger partial charge in [-0.1, -0.05) is 0 Å². The van der Waals surface area contributed by atoms with E-state index in [1.165, 1.54) is 19.4 Å². The van der Waals surface area contributed by atoms with Crippen molar-refractivity contribution in [2.24, 2.45) is 0 Å². The number of pyridine rings is 1. The summed E-state index contributed by atoms with van der Waals surface area (Å²) in [5.74, 6) is 0. The topological polar surface area (TPSA) is 48.5 Å². The number of nitrogens with zero attached hydrogens (tertiary/aromatic N) is 3. The summed E-state index contributed by atoms with van der Waals surface area (Å²) in [7, 11) is 2.17. The Balaban J connectivity index is 1.75. The molecule has 1 aliphatic heterocycles. The van der Waals surface area contributed by atoms with Crippen molar-refractivity contribution in [3.05, 3.63) is 30.1 Å². The van der Waals surface area contributed by atoms with E-state index in [-0.39, 0.29) is 6.03 Å². The summed E-state index contributed by atoms with van der Waals surface area (Å²) in [5, 5.41) is 3.05. The molecule has 0 radical (unpaired) electrons. The molecule has 1 fully saturated rings. The number of hydrogen-bond donors (Lipinski definition) is 1. The third-order valence-corrected chi connectivity index (χ3v) is 4.22. The summed E-state index contributed by atoms with van der Waals surface area (Å²) in [6.07, 6.45) is 7.09. The third-order valence-electron chi connectivity index (χ3n) is 4.22. The second kappa shape index (κ2) is 7.98. The molecule has 1 aromatic rings. The van der Waals surface area contributed by atoms with E-state index >= 15 is 0 Å². The van der Waals surface area contributed by atoms with Gasteiger partial charge in [0, 0.05) is 38.1 Å². The summed E-state index contributed by atoms with van der Waals surface area (Å²) in [5.41, 5.74) is 1.11. The van der Waals surface area contributed by atoms with Gasteiger partial charge < -0.3 is 15.1 Å². The van der Waals surface area contributed by atoms with Crippen LogP contribution in [0.2, 0.25) is 0 Å². The molecule has 1 saturated heterocycles. The Bertz CT molecular complexity index is 437. The number of amides is 2. The van der Waals surface area contributed by atoms with Gasteiger partial charge in [0.05, 0.1) is 0 Å². The Labute approximate surface area is 127 Å². The average molecular weight is 290 g/mol. The minimum atomic E-state index is 0.0231. The van der Waals surface area contributed by atoms with Gasteiger partial charge in [0.1, 0.15) is 0 Å². The molecule has 0 saturated carbocycles. The van der Waals surface area contributed by atoms with Gasteiger partial charge in [0.25, 0.3) is 0 Å². The van der Waals surface area contributed by atoms with Crippen LogP contribution in [0.25, 0.3) is 0 Å². The predicted octanol–water partition coefficient (Wildman–Crippen LogP) is 2.10. The molecule has 0 aliphatic carbocycles. The van der Waals surface area contributed by atoms with Crippen molar-refractivity contribution in [3.8, 4) is 0 Å². The van der Waals surface area contributed by atoms with Crippen LogP contribution >= 0.6 is 0 Å². The number of carbonyl (C=O) groups excluding carboxylic acids is 1. The third kappa shape index (κ3) is 4.70. The molecule has 5 heteroatoms. The highest BCUT2D eigenvalue weighted by Crippen LogP contribution is 2.17. The van der Waals surface area contributed by atoms with Gasteiger partial charge in [-0.05, 0) is 57.5 Å². The lowest BCUT2D eigenvalue weighted by Crippen LogP contribution is -2.41. The van der Waals surface area contributed by atoms with E-state index in [4.69, 9.17) is 0 Å². The maximum Gasteiger partial charge on any atom is 0.317 e. The van der Waals surface area contributed by atoms with Gasteiger partial charge in [0.2, 0.25) is 0 Å². The predicted molar refractivity (Wildman–Crippen MR) is 84.0 cm³/mol. The first-order valence-electron chi connectivity index (χ1n) is 7.82. The first-order chi connectivity index (χ1) is 10.2. The van der Waals surface area contributed by atoms with E-state index in [9.17, 15) is 4.79 Å². The van der Waals surface area contributed by atoms with Gasteiger partial charge >= 0.3 is 6.03 Å². The van der Waals surface area contributed by atoms with E-state index in [2.05, 4.69) is 22.2 Å². The lowest BCUT2D eigenvalue weighted by molar-refractivity contribution is 0.196. The van der Waals surface area contributed by atoms with Crippen molar-refractivity contribution >= 4 is 6.03 Å². The molecule has 1 N–H and O–H groups in total. The highest BCUT2D eigenvalue weighted by Gasteiger charge is 2.20. The largest absolute Gasteiger partial charge is 0.338 e. The first kappa shape index (κ1) is 15.8. The summed E-state index contributed by atoms with van der Waals surface area (Å²) in [6.45, 7) is 5.28. The Morgan fingerprint density at radius 2 is 2.24 bits per heavy atom. The highest BCUT2D eigenvalue weighted by atomic mass is 16.2. The Hall–Kier alpha value is -1.62. The normalized spacial score (nSPS) is 18.7. The molecule has 0 spiro atoms. The first-order valence-corrected chi connectivity index (χ1v) is 7.82. The second-order valence-corrected chi connectivity index (χ2v) is 5.67. The smallest absolute Gasteiger partial charge is 0.317 e. The van der Waals surface area contributed by atoms with E-state index in [1.807, 2.05) is 24.0 Å². The number of aromatic nitrogens is 1. The average Bonchev–Trinajstić information content (AvgIpc) is 2.91. The van der Waals surface area contributed by atoms with E-state index in [0.29, 0.717) is 19.1 Å². The van der Waals surface area contributed by atoms with Crippen LogP contribution in [-0.2, 0) is 6.54 Å². The molecule has 1 aliphatic rings. The van der Waals surface area contributed by atoms with Crippen LogP contribution in [0.5, 0.6) is 0 Å². The van der Waals surface area contributed by atoms with Crippen LogP contribution in [0.1, 0.15) is 31.7 Å². The molecule has 2 heterocycles. The number of hydrogen-bond acceptors (Lipinski definition) is 3. The van der Waals surface area contributed by atoms with Gasteiger partial charge in [-0.25, -0.2) is 4.79 Å². The van der Waals surface area contributed by atoms with Crippen molar-refractivity contribution in [2.45, 2.75) is 38.8 Å². The minimum absolute atomic E-state index is 0.0231. The monoisotopic (exact) mass is 290 g/mol. The molecule has 116 valence electrons. The summed E-state index contributed by atoms with van der Waals surface area (Å²) in [6, 6.07) is 4.54. The standard InChI is InChI=1S/C16H26N4O/c1-3-20(13-14-6-9-17-10-7-14)16(21)18-11-8-15-5-4-12-19(15)2/h6-7,9-10,15H,3-5,8,11-13H2,1-2H3,(H,18,21). The van der Waals surface area contributed by atoms with Crippen LogP contribution in [0.3, 0.4) is 0 Å². The molecule has 0 bridgehead atoms. The number of nitrogens with one attached hydrogen (secondary N) is 1. The second-order valence-electron chi connectivity index (χ2n) is 5.67. The molecular formula is C16H26N4O. The van der Waals surface area contributed by atoms with Crippen LogP contribution in [0, 0.1) is 0 Å². The van der Waals surface area contributed by atoms with E-state index in [1.54, 1.807) is 12.4 Å². The SMILES string of the molecule is CCN(Cc1ccncc1)C(=O)NCCC1CCCN1C. The molecule has 2 rings (SSSR count). The lowest BCUT2D eigenvalue weighted by atomic mass is 10.1. The van der Waals surface area contributed by atoms with E-state index in [0.717, 1.165) is 18.5 Å². The van der Waals surface area contributed by atoms with Crippen LogP contribution in [0.4, 0.5) is 4.79 Å².